The normalized spacial score (nSPS) is 15.2. The Balaban J connectivity index is 1.55. The smallest absolute Gasteiger partial charge is 0.480 e. The minimum absolute atomic E-state index is 0.0806. The molecule has 2 N–H and O–H groups in total. The number of nitrogens with zero attached hydrogens (tertiary/aromatic N) is 1. The van der Waals surface area contributed by atoms with Crippen LogP contribution in [0.25, 0.3) is 11.1 Å². The van der Waals surface area contributed by atoms with Gasteiger partial charge in [-0.3, -0.25) is 4.79 Å². The maximum absolute atomic E-state index is 13.2. The zero-order valence-corrected chi connectivity index (χ0v) is 23.2. The van der Waals surface area contributed by atoms with E-state index >= 15 is 0 Å². The summed E-state index contributed by atoms with van der Waals surface area (Å²) in [5.74, 6) is -1.25. The Labute approximate surface area is 235 Å². The largest absolute Gasteiger partial charge is 0.573 e. The summed E-state index contributed by atoms with van der Waals surface area (Å²) in [7, 11) is 0. The number of aryl methyl sites for hydroxylation is 1. The van der Waals surface area contributed by atoms with Crippen LogP contribution in [0.5, 0.6) is 5.75 Å². The highest BCUT2D eigenvalue weighted by atomic mass is 32.2. The van der Waals surface area contributed by atoms with Gasteiger partial charge in [0, 0.05) is 23.2 Å². The first-order valence-corrected chi connectivity index (χ1v) is 13.7. The molecule has 1 atom stereocenters. The highest BCUT2D eigenvalue weighted by Crippen LogP contribution is 2.42. The summed E-state index contributed by atoms with van der Waals surface area (Å²) < 4.78 is 40.2. The maximum Gasteiger partial charge on any atom is 0.573 e. The first-order valence-electron chi connectivity index (χ1n) is 12.9. The average molecular weight is 573 g/mol. The fourth-order valence-corrected chi connectivity index (χ4v) is 5.91. The molecular formula is C30H31F3N2O4S. The first kappa shape index (κ1) is 29.3. The van der Waals surface area contributed by atoms with E-state index in [0.717, 1.165) is 52.1 Å². The number of amides is 2. The zero-order valence-electron chi connectivity index (χ0n) is 22.4. The predicted molar refractivity (Wildman–Crippen MR) is 150 cm³/mol. The fraction of sp³-hybridized carbons (Fsp3) is 0.333. The number of rotatable bonds is 8. The molecule has 0 heterocycles. The molecule has 1 aliphatic rings. The van der Waals surface area contributed by atoms with Gasteiger partial charge in [-0.25, -0.2) is 4.79 Å². The summed E-state index contributed by atoms with van der Waals surface area (Å²) in [5.41, 5.74) is 4.54. The second kappa shape index (κ2) is 11.8. The number of likely N-dealkylation sites (N-methyl/N-ethyl adjacent to an activating group) is 1. The molecule has 6 nitrogen and oxygen atoms in total. The molecule has 0 aliphatic heterocycles. The van der Waals surface area contributed by atoms with Crippen LogP contribution in [0.3, 0.4) is 0 Å². The Kier molecular flexibility index (Phi) is 8.68. The third-order valence-corrected chi connectivity index (χ3v) is 8.09. The van der Waals surface area contributed by atoms with Gasteiger partial charge in [0.15, 0.2) is 0 Å². The number of carbonyl (C=O) groups is 2. The van der Waals surface area contributed by atoms with Gasteiger partial charge in [-0.15, -0.1) is 24.9 Å². The summed E-state index contributed by atoms with van der Waals surface area (Å²) in [4.78, 5) is 27.7. The molecule has 0 spiro atoms. The van der Waals surface area contributed by atoms with E-state index in [9.17, 15) is 27.9 Å². The lowest BCUT2D eigenvalue weighted by Crippen LogP contribution is -2.45. The van der Waals surface area contributed by atoms with E-state index in [0.29, 0.717) is 18.7 Å². The lowest BCUT2D eigenvalue weighted by Gasteiger charge is -2.35. The lowest BCUT2D eigenvalue weighted by molar-refractivity contribution is -0.274. The van der Waals surface area contributed by atoms with Crippen molar-refractivity contribution in [3.8, 4) is 16.9 Å². The number of fused-ring (bicyclic) bond motifs is 1. The number of halogens is 3. The number of alkyl halides is 3. The highest BCUT2D eigenvalue weighted by Gasteiger charge is 2.33. The summed E-state index contributed by atoms with van der Waals surface area (Å²) in [6.07, 6.45) is -2.71. The molecule has 0 radical (unpaired) electrons. The van der Waals surface area contributed by atoms with Crippen LogP contribution in [0.2, 0.25) is 0 Å². The van der Waals surface area contributed by atoms with E-state index in [-0.39, 0.29) is 17.8 Å². The van der Waals surface area contributed by atoms with Crippen LogP contribution in [-0.4, -0.2) is 45.7 Å². The summed E-state index contributed by atoms with van der Waals surface area (Å²) in [6.45, 7) is 5.73. The van der Waals surface area contributed by atoms with Crippen LogP contribution in [0.15, 0.2) is 71.6 Å². The van der Waals surface area contributed by atoms with Crippen LogP contribution >= 0.6 is 11.8 Å². The van der Waals surface area contributed by atoms with E-state index in [2.05, 4.69) is 22.2 Å². The highest BCUT2D eigenvalue weighted by molar-refractivity contribution is 8.01. The number of hydrogen-bond acceptors (Lipinski definition) is 4. The van der Waals surface area contributed by atoms with E-state index in [1.54, 1.807) is 18.7 Å². The van der Waals surface area contributed by atoms with Gasteiger partial charge < -0.3 is 20.1 Å². The number of urea groups is 1. The number of carboxylic acid groups (broad SMARTS) is 1. The summed E-state index contributed by atoms with van der Waals surface area (Å²) >= 11 is 1.32. The molecule has 10 heteroatoms. The monoisotopic (exact) mass is 572 g/mol. The molecule has 212 valence electrons. The molecule has 3 aromatic carbocycles. The number of hydrogen-bond donors (Lipinski definition) is 2. The molecular weight excluding hydrogens is 541 g/mol. The topological polar surface area (TPSA) is 78.9 Å². The van der Waals surface area contributed by atoms with Crippen molar-refractivity contribution in [1.82, 2.24) is 4.90 Å². The van der Waals surface area contributed by atoms with Crippen LogP contribution in [0.1, 0.15) is 38.3 Å². The Bertz CT molecular complexity index is 1360. The first-order chi connectivity index (χ1) is 18.9. The number of anilines is 1. The van der Waals surface area contributed by atoms with Crippen molar-refractivity contribution in [1.29, 1.82) is 0 Å². The maximum atomic E-state index is 13.2. The number of benzene rings is 3. The van der Waals surface area contributed by atoms with Crippen molar-refractivity contribution in [3.05, 3.63) is 77.9 Å². The second-order valence-corrected chi connectivity index (χ2v) is 11.8. The van der Waals surface area contributed by atoms with Crippen LogP contribution in [0.4, 0.5) is 23.7 Å². The number of nitrogens with one attached hydrogen (secondary N) is 1. The zero-order chi connectivity index (χ0) is 29.1. The van der Waals surface area contributed by atoms with Gasteiger partial charge in [0.05, 0.1) is 0 Å². The Morgan fingerprint density at radius 3 is 2.33 bits per heavy atom. The van der Waals surface area contributed by atoms with Crippen molar-refractivity contribution in [2.24, 2.45) is 0 Å². The average Bonchev–Trinajstić information content (AvgIpc) is 2.89. The van der Waals surface area contributed by atoms with E-state index in [4.69, 9.17) is 0 Å². The van der Waals surface area contributed by atoms with Crippen molar-refractivity contribution < 1.29 is 32.6 Å². The molecule has 40 heavy (non-hydrogen) atoms. The van der Waals surface area contributed by atoms with E-state index in [1.165, 1.54) is 23.9 Å². The molecule has 1 unspecified atom stereocenters. The minimum Gasteiger partial charge on any atom is -0.480 e. The van der Waals surface area contributed by atoms with Gasteiger partial charge in [-0.2, -0.15) is 0 Å². The molecule has 0 bridgehead atoms. The van der Waals surface area contributed by atoms with Gasteiger partial charge in [0.1, 0.15) is 10.5 Å². The minimum atomic E-state index is -4.78. The van der Waals surface area contributed by atoms with Gasteiger partial charge >= 0.3 is 18.4 Å². The van der Waals surface area contributed by atoms with E-state index in [1.807, 2.05) is 37.3 Å². The SMILES string of the molecule is CCN(C(=O)Nc1ccc(OC(F)(F)F)cc1)C1CCc2cc(SC(C)(C)C(=O)O)c(-c3ccccc3)cc2C1. The number of aliphatic carboxylic acids is 1. The van der Waals surface area contributed by atoms with Crippen LogP contribution in [-0.2, 0) is 17.6 Å². The van der Waals surface area contributed by atoms with Crippen LogP contribution < -0.4 is 10.1 Å². The Morgan fingerprint density at radius 2 is 1.73 bits per heavy atom. The summed E-state index contributed by atoms with van der Waals surface area (Å²) in [5, 5.41) is 12.5. The predicted octanol–water partition coefficient (Wildman–Crippen LogP) is 7.62. The molecule has 0 saturated heterocycles. The van der Waals surface area contributed by atoms with Gasteiger partial charge in [-0.05, 0) is 98.7 Å². The summed E-state index contributed by atoms with van der Waals surface area (Å²) in [6, 6.07) is 18.6. The molecule has 4 rings (SSSR count). The second-order valence-electron chi connectivity index (χ2n) is 10.1. The van der Waals surface area contributed by atoms with Crippen molar-refractivity contribution in [2.75, 3.05) is 11.9 Å². The van der Waals surface area contributed by atoms with Crippen LogP contribution in [0, 0.1) is 0 Å². The van der Waals surface area contributed by atoms with E-state index < -0.39 is 17.1 Å². The number of carbonyl (C=O) groups excluding carboxylic acids is 1. The van der Waals surface area contributed by atoms with Gasteiger partial charge in [-0.1, -0.05) is 30.3 Å². The van der Waals surface area contributed by atoms with Crippen molar-refractivity contribution in [3.63, 3.8) is 0 Å². The number of thioether (sulfide) groups is 1. The lowest BCUT2D eigenvalue weighted by atomic mass is 9.85. The van der Waals surface area contributed by atoms with Crippen molar-refractivity contribution in [2.45, 2.75) is 62.1 Å². The van der Waals surface area contributed by atoms with Gasteiger partial charge in [0.25, 0.3) is 0 Å². The standard InChI is InChI=1S/C30H31F3N2O4S/c1-4-35(28(38)34-22-11-14-24(15-12-22)39-30(31,32)33)23-13-10-20-18-26(40-29(2,3)27(36)37)25(17-21(20)16-23)19-8-6-5-7-9-19/h5-9,11-12,14-15,17-18,23H,4,10,13,16H2,1-3H3,(H,34,38)(H,36,37). The molecule has 0 fully saturated rings. The number of ether oxygens (including phenoxy) is 1. The Morgan fingerprint density at radius 1 is 1.05 bits per heavy atom. The van der Waals surface area contributed by atoms with Gasteiger partial charge in [0.2, 0.25) is 0 Å². The molecule has 1 aliphatic carbocycles. The quantitative estimate of drug-likeness (QED) is 0.272. The Hall–Kier alpha value is -3.66. The fourth-order valence-electron chi connectivity index (χ4n) is 4.78. The third-order valence-electron chi connectivity index (χ3n) is 6.85. The molecule has 0 aromatic heterocycles. The molecule has 3 aromatic rings. The molecule has 0 saturated carbocycles. The third kappa shape index (κ3) is 7.10. The van der Waals surface area contributed by atoms with Crippen molar-refractivity contribution >= 4 is 29.4 Å². The molecule has 2 amide bonds. The number of carboxylic acids is 1.